The predicted molar refractivity (Wildman–Crippen MR) is 79.3 cm³/mol. The van der Waals surface area contributed by atoms with Crippen LogP contribution in [0.15, 0.2) is 22.7 Å². The van der Waals surface area contributed by atoms with Gasteiger partial charge >= 0.3 is 0 Å². The SMILES string of the molecule is O=C(NCc1ccc(F)cc1Br)c1n[nH]c2c1CNCC2. The Kier molecular flexibility index (Phi) is 4.03. The Morgan fingerprint density at radius 3 is 3.14 bits per heavy atom. The van der Waals surface area contributed by atoms with Crippen LogP contribution in [0.1, 0.15) is 27.3 Å². The van der Waals surface area contributed by atoms with E-state index in [4.69, 9.17) is 0 Å². The molecule has 0 bridgehead atoms. The molecule has 0 saturated heterocycles. The molecule has 3 N–H and O–H groups in total. The van der Waals surface area contributed by atoms with Crippen LogP contribution in [0, 0.1) is 5.82 Å². The largest absolute Gasteiger partial charge is 0.347 e. The molecular formula is C14H14BrFN4O. The number of carbonyl (C=O) groups excluding carboxylic acids is 1. The number of aromatic amines is 1. The number of H-pyrrole nitrogens is 1. The fraction of sp³-hybridized carbons (Fsp3) is 0.286. The first-order valence-corrected chi connectivity index (χ1v) is 7.43. The van der Waals surface area contributed by atoms with Crippen molar-refractivity contribution in [1.82, 2.24) is 20.8 Å². The number of carbonyl (C=O) groups is 1. The summed E-state index contributed by atoms with van der Waals surface area (Å²) in [6, 6.07) is 4.38. The highest BCUT2D eigenvalue weighted by molar-refractivity contribution is 9.10. The molecule has 1 aromatic heterocycles. The molecule has 7 heteroatoms. The maximum atomic E-state index is 13.0. The van der Waals surface area contributed by atoms with Crippen molar-refractivity contribution in [1.29, 1.82) is 0 Å². The van der Waals surface area contributed by atoms with Crippen LogP contribution < -0.4 is 10.6 Å². The first-order valence-electron chi connectivity index (χ1n) is 6.64. The number of fused-ring (bicyclic) bond motifs is 1. The van der Waals surface area contributed by atoms with E-state index in [1.165, 1.54) is 12.1 Å². The topological polar surface area (TPSA) is 69.8 Å². The van der Waals surface area contributed by atoms with Gasteiger partial charge in [0.15, 0.2) is 5.69 Å². The smallest absolute Gasteiger partial charge is 0.272 e. The Labute approximate surface area is 129 Å². The van der Waals surface area contributed by atoms with Crippen LogP contribution in [-0.2, 0) is 19.5 Å². The standard InChI is InChI=1S/C14H14BrFN4O/c15-11-5-9(16)2-1-8(11)6-18-14(21)13-10-7-17-4-3-12(10)19-20-13/h1-2,5,17H,3-4,6-7H2,(H,18,21)(H,19,20). The molecule has 21 heavy (non-hydrogen) atoms. The summed E-state index contributed by atoms with van der Waals surface area (Å²) in [5, 5.41) is 13.0. The summed E-state index contributed by atoms with van der Waals surface area (Å²) < 4.78 is 13.7. The second kappa shape index (κ2) is 5.95. The first-order chi connectivity index (χ1) is 10.1. The van der Waals surface area contributed by atoms with Gasteiger partial charge in [0.2, 0.25) is 0 Å². The van der Waals surface area contributed by atoms with Gasteiger partial charge in [0.25, 0.3) is 5.91 Å². The summed E-state index contributed by atoms with van der Waals surface area (Å²) in [5.74, 6) is -0.545. The highest BCUT2D eigenvalue weighted by atomic mass is 79.9. The van der Waals surface area contributed by atoms with E-state index < -0.39 is 0 Å². The lowest BCUT2D eigenvalue weighted by Crippen LogP contribution is -2.28. The summed E-state index contributed by atoms with van der Waals surface area (Å²) in [6.45, 7) is 1.85. The van der Waals surface area contributed by atoms with Crippen molar-refractivity contribution < 1.29 is 9.18 Å². The van der Waals surface area contributed by atoms with Crippen LogP contribution in [0.25, 0.3) is 0 Å². The van der Waals surface area contributed by atoms with Crippen molar-refractivity contribution in [3.8, 4) is 0 Å². The molecule has 2 heterocycles. The van der Waals surface area contributed by atoms with Crippen LogP contribution in [0.2, 0.25) is 0 Å². The van der Waals surface area contributed by atoms with E-state index in [2.05, 4.69) is 36.8 Å². The van der Waals surface area contributed by atoms with Crippen LogP contribution in [0.3, 0.4) is 0 Å². The second-order valence-corrected chi connectivity index (χ2v) is 5.73. The molecule has 0 atom stereocenters. The van der Waals surface area contributed by atoms with E-state index in [9.17, 15) is 9.18 Å². The third-order valence-corrected chi connectivity index (χ3v) is 4.21. The Balaban J connectivity index is 1.71. The van der Waals surface area contributed by atoms with Crippen LogP contribution in [0.4, 0.5) is 4.39 Å². The summed E-state index contributed by atoms with van der Waals surface area (Å²) in [7, 11) is 0. The normalized spacial score (nSPS) is 13.8. The zero-order valence-corrected chi connectivity index (χ0v) is 12.8. The lowest BCUT2D eigenvalue weighted by molar-refractivity contribution is 0.0944. The van der Waals surface area contributed by atoms with Gasteiger partial charge in [-0.05, 0) is 17.7 Å². The maximum Gasteiger partial charge on any atom is 0.272 e. The van der Waals surface area contributed by atoms with Crippen molar-refractivity contribution in [3.63, 3.8) is 0 Å². The van der Waals surface area contributed by atoms with Gasteiger partial charge in [-0.2, -0.15) is 5.10 Å². The number of hydrogen-bond donors (Lipinski definition) is 3. The molecule has 1 aliphatic rings. The van der Waals surface area contributed by atoms with E-state index in [1.54, 1.807) is 6.07 Å². The molecule has 110 valence electrons. The van der Waals surface area contributed by atoms with Gasteiger partial charge in [0, 0.05) is 41.8 Å². The van der Waals surface area contributed by atoms with Gasteiger partial charge in [-0.15, -0.1) is 0 Å². The molecular weight excluding hydrogens is 339 g/mol. The third kappa shape index (κ3) is 2.98. The fourth-order valence-corrected chi connectivity index (χ4v) is 2.83. The molecule has 2 aromatic rings. The van der Waals surface area contributed by atoms with E-state index >= 15 is 0 Å². The molecule has 0 fully saturated rings. The zero-order chi connectivity index (χ0) is 14.8. The van der Waals surface area contributed by atoms with E-state index in [1.807, 2.05) is 0 Å². The minimum absolute atomic E-state index is 0.229. The van der Waals surface area contributed by atoms with Crippen molar-refractivity contribution in [2.24, 2.45) is 0 Å². The fourth-order valence-electron chi connectivity index (χ4n) is 2.34. The number of rotatable bonds is 3. The second-order valence-electron chi connectivity index (χ2n) is 4.87. The molecule has 0 aliphatic carbocycles. The summed E-state index contributed by atoms with van der Waals surface area (Å²) in [6.07, 6.45) is 0.846. The molecule has 1 aliphatic heterocycles. The van der Waals surface area contributed by atoms with Gasteiger partial charge in [-0.1, -0.05) is 22.0 Å². The zero-order valence-electron chi connectivity index (χ0n) is 11.2. The quantitative estimate of drug-likeness (QED) is 0.789. The van der Waals surface area contributed by atoms with Crippen molar-refractivity contribution >= 4 is 21.8 Å². The Bertz CT molecular complexity index is 686. The monoisotopic (exact) mass is 352 g/mol. The maximum absolute atomic E-state index is 13.0. The number of hydrogen-bond acceptors (Lipinski definition) is 3. The number of halogens is 2. The number of nitrogens with zero attached hydrogens (tertiary/aromatic N) is 1. The third-order valence-electron chi connectivity index (χ3n) is 3.48. The summed E-state index contributed by atoms with van der Waals surface area (Å²) in [5.41, 5.74) is 3.18. The molecule has 0 spiro atoms. The number of nitrogens with one attached hydrogen (secondary N) is 3. The molecule has 0 unspecified atom stereocenters. The van der Waals surface area contributed by atoms with Gasteiger partial charge in [-0.3, -0.25) is 9.89 Å². The molecule has 3 rings (SSSR count). The van der Waals surface area contributed by atoms with Gasteiger partial charge < -0.3 is 10.6 Å². The Hall–Kier alpha value is -1.73. The average molecular weight is 353 g/mol. The Morgan fingerprint density at radius 1 is 1.48 bits per heavy atom. The minimum atomic E-state index is -0.315. The van der Waals surface area contributed by atoms with E-state index in [-0.39, 0.29) is 11.7 Å². The number of benzene rings is 1. The highest BCUT2D eigenvalue weighted by Crippen LogP contribution is 2.19. The summed E-state index contributed by atoms with van der Waals surface area (Å²) >= 11 is 3.28. The van der Waals surface area contributed by atoms with Crippen molar-refractivity contribution in [2.45, 2.75) is 19.5 Å². The molecule has 5 nitrogen and oxygen atoms in total. The lowest BCUT2D eigenvalue weighted by Gasteiger charge is -2.13. The highest BCUT2D eigenvalue weighted by Gasteiger charge is 2.21. The Morgan fingerprint density at radius 2 is 2.33 bits per heavy atom. The van der Waals surface area contributed by atoms with E-state index in [0.29, 0.717) is 23.3 Å². The average Bonchev–Trinajstić information content (AvgIpc) is 2.90. The van der Waals surface area contributed by atoms with Crippen molar-refractivity contribution in [3.05, 3.63) is 51.0 Å². The lowest BCUT2D eigenvalue weighted by atomic mass is 10.1. The summed E-state index contributed by atoms with van der Waals surface area (Å²) in [4.78, 5) is 12.2. The van der Waals surface area contributed by atoms with Crippen molar-refractivity contribution in [2.75, 3.05) is 6.54 Å². The molecule has 0 saturated carbocycles. The predicted octanol–water partition coefficient (Wildman–Crippen LogP) is 1.89. The number of aromatic nitrogens is 2. The van der Waals surface area contributed by atoms with Crippen LogP contribution in [-0.4, -0.2) is 22.6 Å². The molecule has 0 radical (unpaired) electrons. The number of amides is 1. The minimum Gasteiger partial charge on any atom is -0.347 e. The van der Waals surface area contributed by atoms with Gasteiger partial charge in [0.1, 0.15) is 5.82 Å². The van der Waals surface area contributed by atoms with Crippen LogP contribution >= 0.6 is 15.9 Å². The van der Waals surface area contributed by atoms with Crippen LogP contribution in [0.5, 0.6) is 0 Å². The van der Waals surface area contributed by atoms with Gasteiger partial charge in [-0.25, -0.2) is 4.39 Å². The molecule has 1 amide bonds. The van der Waals surface area contributed by atoms with Gasteiger partial charge in [0.05, 0.1) is 0 Å². The first kappa shape index (κ1) is 14.2. The molecule has 1 aromatic carbocycles. The van der Waals surface area contributed by atoms with E-state index in [0.717, 1.165) is 29.8 Å².